The van der Waals surface area contributed by atoms with E-state index in [1.54, 1.807) is 48.4 Å². The van der Waals surface area contributed by atoms with E-state index < -0.39 is 0 Å². The number of imidazole rings is 1. The SMILES string of the molecule is CC1CC(Oc2ccc(C=O)c3nccnc23)CN1.CNc1cc(F)c2nc(C)cn2c1. The Bertz CT molecular complexity index is 1260. The van der Waals surface area contributed by atoms with Gasteiger partial charge in [0.1, 0.15) is 22.9 Å². The largest absolute Gasteiger partial charge is 0.487 e. The van der Waals surface area contributed by atoms with Gasteiger partial charge in [-0.25, -0.2) is 14.4 Å². The maximum Gasteiger partial charge on any atom is 0.173 e. The van der Waals surface area contributed by atoms with Crippen LogP contribution in [0.25, 0.3) is 16.7 Å². The van der Waals surface area contributed by atoms with Gasteiger partial charge in [-0.2, -0.15) is 0 Å². The summed E-state index contributed by atoms with van der Waals surface area (Å²) in [6.07, 6.45) is 8.69. The molecule has 1 aromatic carbocycles. The Hall–Kier alpha value is -3.59. The number of ether oxygens (including phenoxy) is 1. The Balaban J connectivity index is 0.000000165. The molecule has 0 bridgehead atoms. The van der Waals surface area contributed by atoms with Crippen molar-refractivity contribution >= 4 is 28.7 Å². The number of hydrogen-bond acceptors (Lipinski definition) is 7. The van der Waals surface area contributed by atoms with Crippen molar-refractivity contribution in [2.45, 2.75) is 32.4 Å². The number of aldehydes is 1. The zero-order valence-corrected chi connectivity index (χ0v) is 18.2. The Morgan fingerprint density at radius 3 is 2.72 bits per heavy atom. The van der Waals surface area contributed by atoms with Crippen molar-refractivity contribution in [3.63, 3.8) is 0 Å². The summed E-state index contributed by atoms with van der Waals surface area (Å²) in [5.41, 5.74) is 3.69. The minimum atomic E-state index is -0.306. The van der Waals surface area contributed by atoms with Crippen LogP contribution in [-0.4, -0.2) is 51.4 Å². The van der Waals surface area contributed by atoms with E-state index in [9.17, 15) is 9.18 Å². The lowest BCUT2D eigenvalue weighted by Crippen LogP contribution is -2.20. The third kappa shape index (κ3) is 4.52. The molecule has 2 atom stereocenters. The standard InChI is InChI=1S/C14H15N3O2.C9H10FN3/c1-9-6-11(7-17-9)19-12-3-2-10(8-18)13-14(12)16-5-4-15-13;1-6-4-13-5-7(11-2)3-8(10)9(13)12-6/h2-5,8-9,11,17H,6-7H2,1H3;3-5,11H,1-2H3. The predicted molar refractivity (Wildman–Crippen MR) is 121 cm³/mol. The molecule has 1 fully saturated rings. The zero-order valence-electron chi connectivity index (χ0n) is 18.2. The van der Waals surface area contributed by atoms with Crippen LogP contribution < -0.4 is 15.4 Å². The molecule has 166 valence electrons. The summed E-state index contributed by atoms with van der Waals surface area (Å²) in [6.45, 7) is 4.81. The van der Waals surface area contributed by atoms with Gasteiger partial charge in [0.2, 0.25) is 0 Å². The summed E-state index contributed by atoms with van der Waals surface area (Å²) in [5.74, 6) is 0.384. The maximum atomic E-state index is 13.3. The van der Waals surface area contributed by atoms with Crippen molar-refractivity contribution in [1.82, 2.24) is 24.7 Å². The van der Waals surface area contributed by atoms with Gasteiger partial charge in [0.05, 0.1) is 11.4 Å². The quantitative estimate of drug-likeness (QED) is 0.474. The number of nitrogens with one attached hydrogen (secondary N) is 2. The molecule has 0 saturated carbocycles. The average Bonchev–Trinajstić information content (AvgIpc) is 3.39. The normalized spacial score (nSPS) is 17.8. The minimum absolute atomic E-state index is 0.141. The fourth-order valence-electron chi connectivity index (χ4n) is 3.72. The first kappa shape index (κ1) is 21.6. The van der Waals surface area contributed by atoms with Crippen LogP contribution in [0.1, 0.15) is 29.4 Å². The molecule has 4 heterocycles. The highest BCUT2D eigenvalue weighted by atomic mass is 19.1. The first-order valence-electron chi connectivity index (χ1n) is 10.4. The molecule has 2 N–H and O–H groups in total. The second kappa shape index (κ2) is 9.27. The van der Waals surface area contributed by atoms with Crippen molar-refractivity contribution < 1.29 is 13.9 Å². The number of aromatic nitrogens is 4. The highest BCUT2D eigenvalue weighted by Gasteiger charge is 2.23. The average molecular weight is 436 g/mol. The van der Waals surface area contributed by atoms with Crippen molar-refractivity contribution in [3.05, 3.63) is 60.1 Å². The van der Waals surface area contributed by atoms with Gasteiger partial charge in [-0.1, -0.05) is 0 Å². The van der Waals surface area contributed by atoms with E-state index in [1.165, 1.54) is 6.07 Å². The smallest absolute Gasteiger partial charge is 0.173 e. The lowest BCUT2D eigenvalue weighted by Gasteiger charge is -2.14. The number of rotatable bonds is 4. The number of pyridine rings is 1. The van der Waals surface area contributed by atoms with E-state index in [-0.39, 0.29) is 11.9 Å². The fourth-order valence-corrected chi connectivity index (χ4v) is 3.72. The number of anilines is 1. The predicted octanol–water partition coefficient (Wildman–Crippen LogP) is 3.40. The van der Waals surface area contributed by atoms with Crippen LogP contribution in [0.15, 0.2) is 43.0 Å². The van der Waals surface area contributed by atoms with Crippen LogP contribution in [0.5, 0.6) is 5.75 Å². The summed E-state index contributed by atoms with van der Waals surface area (Å²) >= 11 is 0. The molecule has 5 rings (SSSR count). The first-order valence-corrected chi connectivity index (χ1v) is 10.4. The molecule has 1 aliphatic heterocycles. The van der Waals surface area contributed by atoms with Gasteiger partial charge in [0.25, 0.3) is 0 Å². The first-order chi connectivity index (χ1) is 15.5. The zero-order chi connectivity index (χ0) is 22.7. The molecule has 8 nitrogen and oxygen atoms in total. The fraction of sp³-hybridized carbons (Fsp3) is 0.304. The van der Waals surface area contributed by atoms with Crippen LogP contribution in [0, 0.1) is 12.7 Å². The number of hydrogen-bond donors (Lipinski definition) is 2. The molecule has 0 aliphatic carbocycles. The molecule has 2 unspecified atom stereocenters. The van der Waals surface area contributed by atoms with Crippen LogP contribution >= 0.6 is 0 Å². The Morgan fingerprint density at radius 2 is 2.03 bits per heavy atom. The number of halogens is 1. The number of carbonyl (C=O) groups is 1. The molecule has 9 heteroatoms. The van der Waals surface area contributed by atoms with Crippen LogP contribution in [0.2, 0.25) is 0 Å². The number of carbonyl (C=O) groups excluding carboxylic acids is 1. The number of benzene rings is 1. The summed E-state index contributed by atoms with van der Waals surface area (Å²) in [5, 5.41) is 6.22. The van der Waals surface area contributed by atoms with Gasteiger partial charge >= 0.3 is 0 Å². The number of nitrogens with zero attached hydrogens (tertiary/aromatic N) is 4. The Morgan fingerprint density at radius 1 is 1.25 bits per heavy atom. The van der Waals surface area contributed by atoms with E-state index >= 15 is 0 Å². The monoisotopic (exact) mass is 436 g/mol. The molecule has 0 radical (unpaired) electrons. The lowest BCUT2D eigenvalue weighted by atomic mass is 10.1. The highest BCUT2D eigenvalue weighted by molar-refractivity contribution is 5.96. The van der Waals surface area contributed by atoms with Crippen molar-refractivity contribution in [2.24, 2.45) is 0 Å². The summed E-state index contributed by atoms with van der Waals surface area (Å²) in [6, 6.07) is 5.42. The second-order valence-corrected chi connectivity index (χ2v) is 7.75. The van der Waals surface area contributed by atoms with Crippen LogP contribution in [0.4, 0.5) is 10.1 Å². The summed E-state index contributed by atoms with van der Waals surface area (Å²) in [4.78, 5) is 23.5. The minimum Gasteiger partial charge on any atom is -0.487 e. The van der Waals surface area contributed by atoms with E-state index in [1.807, 2.05) is 6.92 Å². The molecule has 1 saturated heterocycles. The lowest BCUT2D eigenvalue weighted by molar-refractivity contribution is 0.112. The molecule has 32 heavy (non-hydrogen) atoms. The van der Waals surface area contributed by atoms with Gasteiger partial charge in [-0.3, -0.25) is 9.78 Å². The third-order valence-electron chi connectivity index (χ3n) is 5.27. The van der Waals surface area contributed by atoms with Crippen LogP contribution in [0.3, 0.4) is 0 Å². The number of aryl methyl sites for hydroxylation is 1. The third-order valence-corrected chi connectivity index (χ3v) is 5.27. The van der Waals surface area contributed by atoms with Gasteiger partial charge in [0, 0.05) is 62.5 Å². The van der Waals surface area contributed by atoms with Crippen molar-refractivity contribution in [2.75, 3.05) is 18.9 Å². The van der Waals surface area contributed by atoms with Crippen LogP contribution in [-0.2, 0) is 0 Å². The molecule has 4 aromatic rings. The van der Waals surface area contributed by atoms with Crippen molar-refractivity contribution in [1.29, 1.82) is 0 Å². The molecular formula is C23H25FN6O2. The molecule has 1 aliphatic rings. The van der Waals surface area contributed by atoms with Gasteiger partial charge < -0.3 is 19.8 Å². The van der Waals surface area contributed by atoms with Crippen molar-refractivity contribution in [3.8, 4) is 5.75 Å². The Labute approximate surface area is 184 Å². The van der Waals surface area contributed by atoms with E-state index in [0.717, 1.165) is 30.6 Å². The molecule has 0 amide bonds. The Kier molecular flexibility index (Phi) is 6.27. The number of fused-ring (bicyclic) bond motifs is 2. The van der Waals surface area contributed by atoms with E-state index in [2.05, 4.69) is 32.5 Å². The molecule has 0 spiro atoms. The summed E-state index contributed by atoms with van der Waals surface area (Å²) < 4.78 is 21.0. The van der Waals surface area contributed by atoms with Gasteiger partial charge in [0.15, 0.2) is 17.8 Å². The summed E-state index contributed by atoms with van der Waals surface area (Å²) in [7, 11) is 1.75. The molecule has 3 aromatic heterocycles. The van der Waals surface area contributed by atoms with E-state index in [4.69, 9.17) is 4.74 Å². The maximum absolute atomic E-state index is 13.3. The van der Waals surface area contributed by atoms with E-state index in [0.29, 0.717) is 34.0 Å². The molecular weight excluding hydrogens is 411 g/mol. The topological polar surface area (TPSA) is 93.4 Å². The van der Waals surface area contributed by atoms with Gasteiger partial charge in [-0.15, -0.1) is 0 Å². The van der Waals surface area contributed by atoms with Gasteiger partial charge in [-0.05, 0) is 26.0 Å². The highest BCUT2D eigenvalue weighted by Crippen LogP contribution is 2.26. The second-order valence-electron chi connectivity index (χ2n) is 7.75.